The minimum absolute atomic E-state index is 0.0519. The Morgan fingerprint density at radius 2 is 1.88 bits per heavy atom. The fourth-order valence-corrected chi connectivity index (χ4v) is 3.92. The van der Waals surface area contributed by atoms with E-state index < -0.39 is 0 Å². The number of nitrogens with one attached hydrogen (secondary N) is 1. The number of benzene rings is 1. The monoisotopic (exact) mass is 511 g/mol. The lowest BCUT2D eigenvalue weighted by molar-refractivity contribution is -0.125. The molecule has 0 spiro atoms. The number of halogens is 3. The van der Waals surface area contributed by atoms with Crippen molar-refractivity contribution in [2.45, 2.75) is 13.5 Å². The topological polar surface area (TPSA) is 79.2 Å². The second-order valence-electron chi connectivity index (χ2n) is 7.67. The smallest absolute Gasteiger partial charge is 0.246 e. The highest BCUT2D eigenvalue weighted by atomic mass is 35.5. The number of amides is 2. The first-order valence-corrected chi connectivity index (χ1v) is 11.1. The van der Waals surface area contributed by atoms with Crippen molar-refractivity contribution >= 4 is 58.0 Å². The van der Waals surface area contributed by atoms with Gasteiger partial charge in [-0.15, -0.1) is 0 Å². The Morgan fingerprint density at radius 1 is 1.15 bits per heavy atom. The Balaban J connectivity index is 1.77. The van der Waals surface area contributed by atoms with Crippen molar-refractivity contribution in [2.75, 3.05) is 39.1 Å². The molecule has 0 unspecified atom stereocenters. The summed E-state index contributed by atoms with van der Waals surface area (Å²) >= 11 is 19.3. The van der Waals surface area contributed by atoms with E-state index in [0.717, 1.165) is 0 Å². The standard InChI is InChI=1S/C22H24Cl3N5O3/c1-13-21(25)30-9-5-6-17(22(30)27-13)33-12-14-15(23)7-8-16(20(14)24)29(4)19(32)10-26-18(31)11-28(2)3/h5-9H,10-12H2,1-4H3,(H,26,31). The van der Waals surface area contributed by atoms with Gasteiger partial charge in [-0.25, -0.2) is 4.98 Å². The average molecular weight is 513 g/mol. The number of anilines is 1. The molecule has 1 aromatic carbocycles. The predicted molar refractivity (Wildman–Crippen MR) is 131 cm³/mol. The van der Waals surface area contributed by atoms with E-state index in [0.29, 0.717) is 38.5 Å². The van der Waals surface area contributed by atoms with Gasteiger partial charge in [-0.3, -0.25) is 14.0 Å². The number of aromatic nitrogens is 2. The number of ether oxygens (including phenoxy) is 1. The van der Waals surface area contributed by atoms with Crippen molar-refractivity contribution in [1.29, 1.82) is 0 Å². The summed E-state index contributed by atoms with van der Waals surface area (Å²) in [6, 6.07) is 6.86. The fourth-order valence-electron chi connectivity index (χ4n) is 3.14. The zero-order valence-corrected chi connectivity index (χ0v) is 20.9. The number of fused-ring (bicyclic) bond motifs is 1. The third kappa shape index (κ3) is 5.70. The molecule has 1 N–H and O–H groups in total. The highest BCUT2D eigenvalue weighted by Crippen LogP contribution is 2.35. The van der Waals surface area contributed by atoms with Crippen LogP contribution >= 0.6 is 34.8 Å². The van der Waals surface area contributed by atoms with Crippen molar-refractivity contribution in [3.05, 3.63) is 56.9 Å². The SMILES string of the molecule is Cc1nc2c(OCc3c(Cl)ccc(N(C)C(=O)CNC(=O)CN(C)C)c3Cl)cccn2c1Cl. The molecule has 0 radical (unpaired) electrons. The Bertz CT molecular complexity index is 1200. The summed E-state index contributed by atoms with van der Waals surface area (Å²) in [5.74, 6) is -0.0647. The van der Waals surface area contributed by atoms with Gasteiger partial charge in [-0.05, 0) is 45.3 Å². The van der Waals surface area contributed by atoms with Crippen LogP contribution in [0, 0.1) is 6.92 Å². The van der Waals surface area contributed by atoms with Crippen molar-refractivity contribution < 1.29 is 14.3 Å². The highest BCUT2D eigenvalue weighted by molar-refractivity contribution is 6.38. The van der Waals surface area contributed by atoms with Gasteiger partial charge in [-0.1, -0.05) is 34.8 Å². The first-order chi connectivity index (χ1) is 15.6. The van der Waals surface area contributed by atoms with Gasteiger partial charge in [0.25, 0.3) is 0 Å². The molecule has 33 heavy (non-hydrogen) atoms. The lowest BCUT2D eigenvalue weighted by Gasteiger charge is -2.21. The van der Waals surface area contributed by atoms with Crippen LogP contribution in [0.2, 0.25) is 15.2 Å². The molecule has 8 nitrogen and oxygen atoms in total. The Morgan fingerprint density at radius 3 is 2.58 bits per heavy atom. The second kappa shape index (κ2) is 10.6. The van der Waals surface area contributed by atoms with Crippen LogP contribution in [0.15, 0.2) is 30.5 Å². The molecule has 3 rings (SSSR count). The van der Waals surface area contributed by atoms with E-state index in [2.05, 4.69) is 10.3 Å². The van der Waals surface area contributed by atoms with E-state index >= 15 is 0 Å². The summed E-state index contributed by atoms with van der Waals surface area (Å²) in [4.78, 5) is 31.9. The molecule has 2 amide bonds. The first kappa shape index (κ1) is 25.1. The minimum atomic E-state index is -0.328. The number of rotatable bonds is 8. The highest BCUT2D eigenvalue weighted by Gasteiger charge is 2.20. The van der Waals surface area contributed by atoms with Crippen molar-refractivity contribution in [3.8, 4) is 5.75 Å². The van der Waals surface area contributed by atoms with Crippen LogP contribution in [0.25, 0.3) is 5.65 Å². The zero-order chi connectivity index (χ0) is 24.3. The molecule has 0 aliphatic carbocycles. The van der Waals surface area contributed by atoms with Gasteiger partial charge in [0.2, 0.25) is 11.8 Å². The third-order valence-corrected chi connectivity index (χ3v) is 6.12. The molecule has 3 aromatic rings. The Kier molecular flexibility index (Phi) is 8.07. The second-order valence-corrected chi connectivity index (χ2v) is 8.81. The molecule has 176 valence electrons. The Hall–Kier alpha value is -2.52. The number of aryl methyl sites for hydroxylation is 1. The third-order valence-electron chi connectivity index (χ3n) is 4.88. The van der Waals surface area contributed by atoms with Gasteiger partial charge in [0.05, 0.1) is 29.5 Å². The van der Waals surface area contributed by atoms with E-state index in [4.69, 9.17) is 39.5 Å². The van der Waals surface area contributed by atoms with Gasteiger partial charge >= 0.3 is 0 Å². The quantitative estimate of drug-likeness (QED) is 0.496. The van der Waals surface area contributed by atoms with Crippen LogP contribution < -0.4 is 15.0 Å². The normalized spacial score (nSPS) is 11.2. The van der Waals surface area contributed by atoms with E-state index in [-0.39, 0.29) is 36.5 Å². The molecular formula is C22H24Cl3N5O3. The summed E-state index contributed by atoms with van der Waals surface area (Å²) < 4.78 is 7.70. The largest absolute Gasteiger partial charge is 0.485 e. The lowest BCUT2D eigenvalue weighted by Crippen LogP contribution is -2.41. The number of carbonyl (C=O) groups is 2. The van der Waals surface area contributed by atoms with Crippen LogP contribution in [0.4, 0.5) is 5.69 Å². The molecule has 0 bridgehead atoms. The summed E-state index contributed by atoms with van der Waals surface area (Å²) in [6.45, 7) is 1.90. The maximum absolute atomic E-state index is 12.6. The summed E-state index contributed by atoms with van der Waals surface area (Å²) in [5, 5.41) is 3.78. The van der Waals surface area contributed by atoms with Crippen LogP contribution in [-0.2, 0) is 16.2 Å². The summed E-state index contributed by atoms with van der Waals surface area (Å²) in [7, 11) is 5.12. The molecule has 2 aromatic heterocycles. The molecule has 0 atom stereocenters. The Labute approximate surface area is 207 Å². The summed E-state index contributed by atoms with van der Waals surface area (Å²) in [6.07, 6.45) is 1.79. The zero-order valence-electron chi connectivity index (χ0n) is 18.7. The number of carbonyl (C=O) groups excluding carboxylic acids is 2. The molecule has 2 heterocycles. The summed E-state index contributed by atoms with van der Waals surface area (Å²) in [5.41, 5.74) is 2.22. The number of hydrogen-bond donors (Lipinski definition) is 1. The maximum Gasteiger partial charge on any atom is 0.246 e. The van der Waals surface area contributed by atoms with Crippen LogP contribution in [0.5, 0.6) is 5.75 Å². The first-order valence-electron chi connectivity index (χ1n) is 10.0. The number of likely N-dealkylation sites (N-methyl/N-ethyl adjacent to an activating group) is 2. The average Bonchev–Trinajstić information content (AvgIpc) is 3.05. The molecule has 0 aliphatic rings. The van der Waals surface area contributed by atoms with E-state index in [1.807, 2.05) is 6.92 Å². The van der Waals surface area contributed by atoms with Gasteiger partial charge in [0.15, 0.2) is 11.4 Å². The van der Waals surface area contributed by atoms with Crippen LogP contribution in [0.3, 0.4) is 0 Å². The van der Waals surface area contributed by atoms with Gasteiger partial charge in [-0.2, -0.15) is 0 Å². The maximum atomic E-state index is 12.6. The van der Waals surface area contributed by atoms with Gasteiger partial charge in [0.1, 0.15) is 11.8 Å². The van der Waals surface area contributed by atoms with Gasteiger partial charge < -0.3 is 19.9 Å². The van der Waals surface area contributed by atoms with Crippen molar-refractivity contribution in [2.24, 2.45) is 0 Å². The molecular weight excluding hydrogens is 489 g/mol. The van der Waals surface area contributed by atoms with Crippen LogP contribution in [-0.4, -0.2) is 60.3 Å². The molecule has 0 saturated carbocycles. The van der Waals surface area contributed by atoms with Crippen LogP contribution in [0.1, 0.15) is 11.3 Å². The van der Waals surface area contributed by atoms with E-state index in [1.165, 1.54) is 4.90 Å². The number of pyridine rings is 1. The minimum Gasteiger partial charge on any atom is -0.485 e. The van der Waals surface area contributed by atoms with Gasteiger partial charge in [0, 0.05) is 23.8 Å². The molecule has 0 aliphatic heterocycles. The fraction of sp³-hybridized carbons (Fsp3) is 0.318. The predicted octanol–water partition coefficient (Wildman–Crippen LogP) is 3.82. The van der Waals surface area contributed by atoms with E-state index in [9.17, 15) is 9.59 Å². The van der Waals surface area contributed by atoms with Crippen molar-refractivity contribution in [1.82, 2.24) is 19.6 Å². The number of imidazole rings is 1. The van der Waals surface area contributed by atoms with Crippen molar-refractivity contribution in [3.63, 3.8) is 0 Å². The molecule has 11 heteroatoms. The van der Waals surface area contributed by atoms with E-state index in [1.54, 1.807) is 60.9 Å². The lowest BCUT2D eigenvalue weighted by atomic mass is 10.2. The number of hydrogen-bond acceptors (Lipinski definition) is 5. The number of nitrogens with zero attached hydrogens (tertiary/aromatic N) is 4. The molecule has 0 saturated heterocycles. The molecule has 0 fully saturated rings.